The second kappa shape index (κ2) is 8.77. The summed E-state index contributed by atoms with van der Waals surface area (Å²) in [6.07, 6.45) is 8.39. The molecule has 0 atom stereocenters. The molecular weight excluding hydrogens is 388 g/mol. The lowest BCUT2D eigenvalue weighted by molar-refractivity contribution is -0.384. The third-order valence-corrected chi connectivity index (χ3v) is 7.08. The maximum atomic E-state index is 11.1. The van der Waals surface area contributed by atoms with Crippen molar-refractivity contribution in [2.45, 2.75) is 44.9 Å². The molecule has 164 valence electrons. The van der Waals surface area contributed by atoms with Gasteiger partial charge in [0.05, 0.1) is 4.92 Å². The van der Waals surface area contributed by atoms with Gasteiger partial charge in [0, 0.05) is 80.4 Å². The van der Waals surface area contributed by atoms with Gasteiger partial charge in [-0.3, -0.25) is 10.1 Å². The lowest BCUT2D eigenvalue weighted by Crippen LogP contribution is -2.26. The van der Waals surface area contributed by atoms with Crippen LogP contribution in [0, 0.1) is 10.1 Å². The summed E-state index contributed by atoms with van der Waals surface area (Å²) in [6.45, 7) is 6.79. The first kappa shape index (κ1) is 20.2. The first-order valence-corrected chi connectivity index (χ1v) is 11.8. The van der Waals surface area contributed by atoms with E-state index in [4.69, 9.17) is 0 Å². The zero-order chi connectivity index (χ0) is 21.2. The molecule has 3 aliphatic rings. The molecule has 2 aromatic carbocycles. The van der Waals surface area contributed by atoms with Gasteiger partial charge in [0.1, 0.15) is 0 Å². The van der Waals surface area contributed by atoms with E-state index < -0.39 is 0 Å². The van der Waals surface area contributed by atoms with Crippen LogP contribution in [0.3, 0.4) is 0 Å². The van der Waals surface area contributed by atoms with Crippen molar-refractivity contribution in [2.24, 2.45) is 0 Å². The molecule has 0 unspecified atom stereocenters. The van der Waals surface area contributed by atoms with E-state index in [0.717, 1.165) is 51.3 Å². The lowest BCUT2D eigenvalue weighted by atomic mass is 9.98. The zero-order valence-electron chi connectivity index (χ0n) is 18.3. The minimum absolute atomic E-state index is 0.160. The molecule has 6 heteroatoms. The molecule has 0 aromatic heterocycles. The fraction of sp³-hybridized carbons (Fsp3) is 0.520. The third kappa shape index (κ3) is 4.21. The van der Waals surface area contributed by atoms with E-state index in [1.54, 1.807) is 12.1 Å². The molecular formula is C25H32N4O2. The Morgan fingerprint density at radius 3 is 1.61 bits per heavy atom. The summed E-state index contributed by atoms with van der Waals surface area (Å²) in [5.41, 5.74) is 6.81. The first-order valence-electron chi connectivity index (χ1n) is 11.8. The van der Waals surface area contributed by atoms with Crippen molar-refractivity contribution < 1.29 is 4.92 Å². The summed E-state index contributed by atoms with van der Waals surface area (Å²) in [7, 11) is 0. The van der Waals surface area contributed by atoms with Crippen molar-refractivity contribution in [3.8, 4) is 0 Å². The second-order valence-corrected chi connectivity index (χ2v) is 9.15. The zero-order valence-corrected chi connectivity index (χ0v) is 18.3. The molecule has 0 amide bonds. The molecule has 0 aliphatic carbocycles. The quantitative estimate of drug-likeness (QED) is 0.487. The minimum atomic E-state index is -0.320. The van der Waals surface area contributed by atoms with Crippen molar-refractivity contribution in [3.63, 3.8) is 0 Å². The second-order valence-electron chi connectivity index (χ2n) is 9.15. The fourth-order valence-electron chi connectivity index (χ4n) is 5.39. The summed E-state index contributed by atoms with van der Waals surface area (Å²) in [6, 6.07) is 12.0. The minimum Gasteiger partial charge on any atom is -0.371 e. The first-order chi connectivity index (χ1) is 15.2. The number of benzene rings is 2. The van der Waals surface area contributed by atoms with E-state index in [-0.39, 0.29) is 10.6 Å². The maximum Gasteiger partial charge on any atom is 0.269 e. The smallest absolute Gasteiger partial charge is 0.269 e. The van der Waals surface area contributed by atoms with Gasteiger partial charge in [-0.1, -0.05) is 12.1 Å². The van der Waals surface area contributed by atoms with Crippen LogP contribution in [0.4, 0.5) is 22.7 Å². The van der Waals surface area contributed by atoms with Crippen molar-refractivity contribution >= 4 is 22.7 Å². The Kier molecular flexibility index (Phi) is 5.70. The summed E-state index contributed by atoms with van der Waals surface area (Å²) in [5, 5.41) is 11.1. The molecule has 0 N–H and O–H groups in total. The molecule has 31 heavy (non-hydrogen) atoms. The van der Waals surface area contributed by atoms with Gasteiger partial charge in [-0.15, -0.1) is 0 Å². The molecule has 6 nitrogen and oxygen atoms in total. The Balaban J connectivity index is 1.58. The Morgan fingerprint density at radius 1 is 0.710 bits per heavy atom. The van der Waals surface area contributed by atoms with E-state index in [1.165, 1.54) is 61.2 Å². The number of anilines is 3. The van der Waals surface area contributed by atoms with E-state index in [2.05, 4.69) is 26.8 Å². The predicted octanol–water partition coefficient (Wildman–Crippen LogP) is 4.99. The van der Waals surface area contributed by atoms with Gasteiger partial charge in [-0.25, -0.2) is 0 Å². The van der Waals surface area contributed by atoms with Gasteiger partial charge < -0.3 is 14.7 Å². The Labute approximate surface area is 184 Å². The molecule has 3 fully saturated rings. The molecule has 0 radical (unpaired) electrons. The van der Waals surface area contributed by atoms with Crippen LogP contribution < -0.4 is 14.7 Å². The largest absolute Gasteiger partial charge is 0.371 e. The Morgan fingerprint density at radius 2 is 1.16 bits per heavy atom. The topological polar surface area (TPSA) is 52.9 Å². The van der Waals surface area contributed by atoms with Gasteiger partial charge in [0.15, 0.2) is 0 Å². The molecule has 0 bridgehead atoms. The molecule has 0 spiro atoms. The van der Waals surface area contributed by atoms with Gasteiger partial charge in [0.25, 0.3) is 5.69 Å². The monoisotopic (exact) mass is 420 g/mol. The van der Waals surface area contributed by atoms with Crippen LogP contribution in [0.2, 0.25) is 0 Å². The van der Waals surface area contributed by atoms with Gasteiger partial charge in [-0.2, -0.15) is 0 Å². The van der Waals surface area contributed by atoms with E-state index in [1.807, 2.05) is 12.1 Å². The van der Waals surface area contributed by atoms with Crippen molar-refractivity contribution in [1.29, 1.82) is 0 Å². The van der Waals surface area contributed by atoms with Gasteiger partial charge in [0.2, 0.25) is 0 Å². The highest BCUT2D eigenvalue weighted by Gasteiger charge is 2.26. The molecule has 3 heterocycles. The summed E-state index contributed by atoms with van der Waals surface area (Å²) >= 11 is 0. The Bertz CT molecular complexity index is 888. The van der Waals surface area contributed by atoms with Crippen molar-refractivity contribution in [1.82, 2.24) is 0 Å². The van der Waals surface area contributed by atoms with Crippen LogP contribution in [0.15, 0.2) is 36.4 Å². The van der Waals surface area contributed by atoms with Gasteiger partial charge in [-0.05, 0) is 56.2 Å². The average Bonchev–Trinajstić information content (AvgIpc) is 3.58. The number of rotatable bonds is 6. The summed E-state index contributed by atoms with van der Waals surface area (Å²) in [4.78, 5) is 18.4. The number of nitrogens with zero attached hydrogens (tertiary/aromatic N) is 4. The number of hydrogen-bond donors (Lipinski definition) is 0. The molecule has 3 aliphatic heterocycles. The van der Waals surface area contributed by atoms with Crippen LogP contribution in [0.25, 0.3) is 0 Å². The highest BCUT2D eigenvalue weighted by Crippen LogP contribution is 2.40. The number of hydrogen-bond acceptors (Lipinski definition) is 5. The third-order valence-electron chi connectivity index (χ3n) is 7.08. The Hall–Kier alpha value is -2.76. The predicted molar refractivity (Wildman–Crippen MR) is 127 cm³/mol. The van der Waals surface area contributed by atoms with E-state index in [0.29, 0.717) is 0 Å². The summed E-state index contributed by atoms with van der Waals surface area (Å²) < 4.78 is 0. The van der Waals surface area contributed by atoms with Crippen molar-refractivity contribution in [3.05, 3.63) is 57.6 Å². The molecule has 5 rings (SSSR count). The average molecular weight is 421 g/mol. The fourth-order valence-corrected chi connectivity index (χ4v) is 5.39. The highest BCUT2D eigenvalue weighted by molar-refractivity contribution is 5.77. The highest BCUT2D eigenvalue weighted by atomic mass is 16.6. The standard InChI is InChI=1S/C25H32N4O2/c30-29(31)21-9-7-20(8-10-21)17-23-24(27-13-3-4-14-27)18-22(26-11-1-2-12-26)19-25(23)28-15-5-6-16-28/h7-10,18-19H,1-6,11-17H2. The van der Waals surface area contributed by atoms with Gasteiger partial charge >= 0.3 is 0 Å². The normalized spacial score (nSPS) is 18.9. The van der Waals surface area contributed by atoms with Crippen LogP contribution >= 0.6 is 0 Å². The van der Waals surface area contributed by atoms with E-state index >= 15 is 0 Å². The SMILES string of the molecule is O=[N+]([O-])c1ccc(Cc2c(N3CCCC3)cc(N3CCCC3)cc2N2CCCC2)cc1. The number of nitro groups is 1. The summed E-state index contributed by atoms with van der Waals surface area (Å²) in [5.74, 6) is 0. The lowest BCUT2D eigenvalue weighted by Gasteiger charge is -2.31. The van der Waals surface area contributed by atoms with Crippen LogP contribution in [-0.2, 0) is 6.42 Å². The van der Waals surface area contributed by atoms with Crippen LogP contribution in [0.5, 0.6) is 0 Å². The maximum absolute atomic E-state index is 11.1. The molecule has 0 saturated carbocycles. The van der Waals surface area contributed by atoms with Crippen LogP contribution in [0.1, 0.15) is 49.7 Å². The number of non-ortho nitro benzene ring substituents is 1. The van der Waals surface area contributed by atoms with E-state index in [9.17, 15) is 10.1 Å². The molecule has 3 saturated heterocycles. The molecule has 2 aromatic rings. The van der Waals surface area contributed by atoms with Crippen LogP contribution in [-0.4, -0.2) is 44.2 Å². The van der Waals surface area contributed by atoms with Crippen molar-refractivity contribution in [2.75, 3.05) is 54.0 Å². The number of nitro benzene ring substituents is 1.